The van der Waals surface area contributed by atoms with Crippen LogP contribution in [0, 0.1) is 6.92 Å². The minimum atomic E-state index is -0.0799. The molecule has 0 unspecified atom stereocenters. The number of nitrogens with one attached hydrogen (secondary N) is 1. The first-order valence-corrected chi connectivity index (χ1v) is 6.71. The molecule has 4 aromatic rings. The van der Waals surface area contributed by atoms with E-state index in [0.717, 1.165) is 15.3 Å². The summed E-state index contributed by atoms with van der Waals surface area (Å²) in [6.07, 6.45) is 1.69. The van der Waals surface area contributed by atoms with Crippen LogP contribution < -0.4 is 5.56 Å². The average molecular weight is 284 g/mol. The van der Waals surface area contributed by atoms with Gasteiger partial charge < -0.3 is 0 Å². The highest BCUT2D eigenvalue weighted by atomic mass is 32.1. The van der Waals surface area contributed by atoms with Crippen LogP contribution in [0.25, 0.3) is 27.3 Å². The van der Waals surface area contributed by atoms with Crippen molar-refractivity contribution >= 4 is 27.2 Å². The van der Waals surface area contributed by atoms with Gasteiger partial charge >= 0.3 is 0 Å². The number of hydrogen-bond acceptors (Lipinski definition) is 6. The lowest BCUT2D eigenvalue weighted by Gasteiger charge is -2.02. The molecule has 7 nitrogen and oxygen atoms in total. The van der Waals surface area contributed by atoms with Gasteiger partial charge in [0.2, 0.25) is 0 Å². The molecule has 0 fully saturated rings. The van der Waals surface area contributed by atoms with Crippen molar-refractivity contribution in [1.82, 2.24) is 30.0 Å². The maximum absolute atomic E-state index is 12.5. The van der Waals surface area contributed by atoms with E-state index in [4.69, 9.17) is 0 Å². The maximum Gasteiger partial charge on any atom is 0.266 e. The van der Waals surface area contributed by atoms with Gasteiger partial charge in [0.25, 0.3) is 5.56 Å². The summed E-state index contributed by atoms with van der Waals surface area (Å²) in [7, 11) is 0. The van der Waals surface area contributed by atoms with Crippen molar-refractivity contribution in [2.45, 2.75) is 6.92 Å². The van der Waals surface area contributed by atoms with Gasteiger partial charge in [-0.15, -0.1) is 16.4 Å². The third kappa shape index (κ3) is 1.55. The van der Waals surface area contributed by atoms with Crippen LogP contribution in [0.4, 0.5) is 0 Å². The standard InChI is InChI=1S/C12H8N6OS/c1-6-4-8-11(20-6)13-9-3-2-7(5-18(9)12(8)19)10-14-16-17-15-10/h2-5H,1H3,(H,14,15,16,17). The van der Waals surface area contributed by atoms with Gasteiger partial charge in [-0.05, 0) is 35.5 Å². The molecule has 0 aromatic carbocycles. The smallest absolute Gasteiger partial charge is 0.266 e. The van der Waals surface area contributed by atoms with E-state index >= 15 is 0 Å². The third-order valence-electron chi connectivity index (χ3n) is 3.05. The monoisotopic (exact) mass is 284 g/mol. The number of aromatic amines is 1. The Morgan fingerprint density at radius 3 is 3.05 bits per heavy atom. The van der Waals surface area contributed by atoms with Gasteiger partial charge in [0.1, 0.15) is 10.5 Å². The molecule has 4 heterocycles. The topological polar surface area (TPSA) is 88.8 Å². The molecule has 20 heavy (non-hydrogen) atoms. The SMILES string of the molecule is Cc1cc2c(=O)n3cc(-c4nnn[nH]4)ccc3nc2s1. The molecule has 0 aliphatic heterocycles. The predicted molar refractivity (Wildman–Crippen MR) is 74.8 cm³/mol. The Hall–Kier alpha value is -2.61. The van der Waals surface area contributed by atoms with Crippen LogP contribution in [-0.2, 0) is 0 Å². The second kappa shape index (κ2) is 3.94. The Balaban J connectivity index is 2.09. The summed E-state index contributed by atoms with van der Waals surface area (Å²) in [6, 6.07) is 5.48. The van der Waals surface area contributed by atoms with Crippen molar-refractivity contribution in [1.29, 1.82) is 0 Å². The third-order valence-corrected chi connectivity index (χ3v) is 3.99. The van der Waals surface area contributed by atoms with E-state index in [2.05, 4.69) is 25.6 Å². The lowest BCUT2D eigenvalue weighted by Crippen LogP contribution is -2.14. The number of fused-ring (bicyclic) bond motifs is 2. The summed E-state index contributed by atoms with van der Waals surface area (Å²) in [5.74, 6) is 0.514. The Labute approximate surface area is 115 Å². The van der Waals surface area contributed by atoms with E-state index in [1.54, 1.807) is 12.3 Å². The Morgan fingerprint density at radius 2 is 2.25 bits per heavy atom. The van der Waals surface area contributed by atoms with Crippen LogP contribution in [0.5, 0.6) is 0 Å². The fraction of sp³-hybridized carbons (Fsp3) is 0.0833. The first-order chi connectivity index (χ1) is 9.72. The molecule has 8 heteroatoms. The molecule has 1 N–H and O–H groups in total. The van der Waals surface area contributed by atoms with Crippen molar-refractivity contribution in [3.8, 4) is 11.4 Å². The summed E-state index contributed by atoms with van der Waals surface area (Å²) in [5, 5.41) is 14.2. The van der Waals surface area contributed by atoms with Gasteiger partial charge in [0, 0.05) is 16.6 Å². The van der Waals surface area contributed by atoms with Crippen LogP contribution in [0.2, 0.25) is 0 Å². The molecule has 0 amide bonds. The Morgan fingerprint density at radius 1 is 1.35 bits per heavy atom. The molecular weight excluding hydrogens is 276 g/mol. The molecule has 0 bridgehead atoms. The van der Waals surface area contributed by atoms with Crippen molar-refractivity contribution in [3.63, 3.8) is 0 Å². The summed E-state index contributed by atoms with van der Waals surface area (Å²) in [5.41, 5.74) is 1.27. The highest BCUT2D eigenvalue weighted by Gasteiger charge is 2.10. The number of rotatable bonds is 1. The van der Waals surface area contributed by atoms with E-state index < -0.39 is 0 Å². The number of hydrogen-bond donors (Lipinski definition) is 1. The molecule has 0 radical (unpaired) electrons. The molecule has 0 saturated carbocycles. The van der Waals surface area contributed by atoms with Gasteiger partial charge in [-0.3, -0.25) is 9.20 Å². The zero-order chi connectivity index (χ0) is 13.7. The summed E-state index contributed by atoms with van der Waals surface area (Å²) in [6.45, 7) is 1.97. The number of H-pyrrole nitrogens is 1. The second-order valence-corrected chi connectivity index (χ2v) is 5.62. The van der Waals surface area contributed by atoms with Crippen LogP contribution in [0.1, 0.15) is 4.88 Å². The van der Waals surface area contributed by atoms with Crippen LogP contribution in [-0.4, -0.2) is 30.0 Å². The predicted octanol–water partition coefficient (Wildman–Crippen LogP) is 1.40. The van der Waals surface area contributed by atoms with Crippen LogP contribution in [0.3, 0.4) is 0 Å². The summed E-state index contributed by atoms with van der Waals surface area (Å²) in [4.78, 5) is 18.8. The Kier molecular flexibility index (Phi) is 2.21. The molecule has 0 aliphatic carbocycles. The molecule has 0 saturated heterocycles. The van der Waals surface area contributed by atoms with E-state index in [-0.39, 0.29) is 5.56 Å². The molecule has 0 spiro atoms. The number of pyridine rings is 1. The van der Waals surface area contributed by atoms with Crippen molar-refractivity contribution in [2.24, 2.45) is 0 Å². The molecule has 0 aliphatic rings. The minimum Gasteiger partial charge on any atom is -0.268 e. The molecule has 4 aromatic heterocycles. The van der Waals surface area contributed by atoms with Crippen LogP contribution >= 0.6 is 11.3 Å². The van der Waals surface area contributed by atoms with Crippen molar-refractivity contribution in [3.05, 3.63) is 39.6 Å². The second-order valence-electron chi connectivity index (χ2n) is 4.39. The lowest BCUT2D eigenvalue weighted by molar-refractivity contribution is 0.881. The maximum atomic E-state index is 12.5. The van der Waals surface area contributed by atoms with E-state index in [1.807, 2.05) is 19.1 Å². The fourth-order valence-corrected chi connectivity index (χ4v) is 3.02. The normalized spacial score (nSPS) is 11.4. The zero-order valence-corrected chi connectivity index (χ0v) is 11.2. The van der Waals surface area contributed by atoms with Gasteiger partial charge in [0.15, 0.2) is 5.82 Å². The highest BCUT2D eigenvalue weighted by molar-refractivity contribution is 7.18. The summed E-state index contributed by atoms with van der Waals surface area (Å²) >= 11 is 1.52. The number of thiophene rings is 1. The van der Waals surface area contributed by atoms with Gasteiger partial charge in [-0.25, -0.2) is 10.1 Å². The average Bonchev–Trinajstić information content (AvgIpc) is 3.07. The highest BCUT2D eigenvalue weighted by Crippen LogP contribution is 2.21. The van der Waals surface area contributed by atoms with Crippen molar-refractivity contribution < 1.29 is 0 Å². The largest absolute Gasteiger partial charge is 0.268 e. The van der Waals surface area contributed by atoms with Gasteiger partial charge in [-0.2, -0.15) is 0 Å². The fourth-order valence-electron chi connectivity index (χ4n) is 2.14. The van der Waals surface area contributed by atoms with E-state index in [0.29, 0.717) is 16.9 Å². The van der Waals surface area contributed by atoms with Gasteiger partial charge in [-0.1, -0.05) is 0 Å². The van der Waals surface area contributed by atoms with Gasteiger partial charge in [0.05, 0.1) is 5.39 Å². The van der Waals surface area contributed by atoms with Crippen molar-refractivity contribution in [2.75, 3.05) is 0 Å². The molecular formula is C12H8N6OS. The lowest BCUT2D eigenvalue weighted by atomic mass is 10.2. The minimum absolute atomic E-state index is 0.0799. The zero-order valence-electron chi connectivity index (χ0n) is 10.4. The summed E-state index contributed by atoms with van der Waals surface area (Å²) < 4.78 is 1.52. The Bertz CT molecular complexity index is 984. The quantitative estimate of drug-likeness (QED) is 0.570. The molecule has 0 atom stereocenters. The first-order valence-electron chi connectivity index (χ1n) is 5.89. The number of aryl methyl sites for hydroxylation is 1. The van der Waals surface area contributed by atoms with Crippen LogP contribution in [0.15, 0.2) is 29.2 Å². The number of nitrogens with zero attached hydrogens (tertiary/aromatic N) is 5. The van der Waals surface area contributed by atoms with E-state index in [1.165, 1.54) is 15.7 Å². The number of aromatic nitrogens is 6. The first kappa shape index (κ1) is 11.2. The van der Waals surface area contributed by atoms with E-state index in [9.17, 15) is 4.79 Å². The number of tetrazole rings is 1. The molecule has 4 rings (SSSR count). The molecule has 98 valence electrons.